The summed E-state index contributed by atoms with van der Waals surface area (Å²) < 4.78 is 5.06. The highest BCUT2D eigenvalue weighted by Crippen LogP contribution is 2.28. The van der Waals surface area contributed by atoms with Crippen molar-refractivity contribution < 1.29 is 14.9 Å². The Kier molecular flexibility index (Phi) is 3.11. The normalized spacial score (nSPS) is 12.8. The molecule has 1 rings (SSSR count). The van der Waals surface area contributed by atoms with Crippen LogP contribution in [0.5, 0.6) is 11.5 Å². The summed E-state index contributed by atoms with van der Waals surface area (Å²) in [6.45, 7) is 0.334. The molecule has 0 heterocycles. The van der Waals surface area contributed by atoms with Crippen LogP contribution in [-0.2, 0) is 4.74 Å². The van der Waals surface area contributed by atoms with E-state index in [1.54, 1.807) is 13.2 Å². The quantitative estimate of drug-likeness (QED) is 0.604. The van der Waals surface area contributed by atoms with E-state index in [1.165, 1.54) is 12.1 Å². The molecule has 0 radical (unpaired) electrons. The van der Waals surface area contributed by atoms with Crippen LogP contribution in [0.25, 0.3) is 0 Å². The number of aromatic hydroxyl groups is 2. The average molecular weight is 183 g/mol. The van der Waals surface area contributed by atoms with Gasteiger partial charge in [-0.2, -0.15) is 0 Å². The van der Waals surface area contributed by atoms with Gasteiger partial charge >= 0.3 is 0 Å². The number of methoxy groups -OCH3 is 1. The van der Waals surface area contributed by atoms with Gasteiger partial charge < -0.3 is 20.7 Å². The fraction of sp³-hybridized carbons (Fsp3) is 0.333. The van der Waals surface area contributed by atoms with Crippen LogP contribution in [0.1, 0.15) is 11.7 Å². The van der Waals surface area contributed by atoms with Gasteiger partial charge in [-0.3, -0.25) is 0 Å². The van der Waals surface area contributed by atoms with E-state index >= 15 is 0 Å². The first-order chi connectivity index (χ1) is 6.19. The van der Waals surface area contributed by atoms with Gasteiger partial charge in [-0.15, -0.1) is 0 Å². The summed E-state index contributed by atoms with van der Waals surface area (Å²) >= 11 is 0. The van der Waals surface area contributed by atoms with Gasteiger partial charge in [-0.25, -0.2) is 0 Å². The second kappa shape index (κ2) is 4.11. The Morgan fingerprint density at radius 1 is 1.38 bits per heavy atom. The van der Waals surface area contributed by atoms with Crippen molar-refractivity contribution in [2.45, 2.75) is 6.10 Å². The third-order valence-corrected chi connectivity index (χ3v) is 1.87. The highest BCUT2D eigenvalue weighted by atomic mass is 16.5. The van der Waals surface area contributed by atoms with Gasteiger partial charge in [0.15, 0.2) is 11.5 Å². The molecule has 13 heavy (non-hydrogen) atoms. The van der Waals surface area contributed by atoms with Crippen LogP contribution in [0.15, 0.2) is 18.2 Å². The summed E-state index contributed by atoms with van der Waals surface area (Å²) in [6.07, 6.45) is -0.244. The summed E-state index contributed by atoms with van der Waals surface area (Å²) in [6, 6.07) is 4.51. The number of hydrogen-bond acceptors (Lipinski definition) is 4. The molecule has 0 saturated heterocycles. The summed E-state index contributed by atoms with van der Waals surface area (Å²) in [7, 11) is 1.54. The SMILES string of the molecule is COC(CN)c1ccc(O)c(O)c1. The van der Waals surface area contributed by atoms with Crippen LogP contribution in [0.2, 0.25) is 0 Å². The molecule has 0 fully saturated rings. The van der Waals surface area contributed by atoms with Crippen molar-refractivity contribution in [1.82, 2.24) is 0 Å². The molecule has 4 heteroatoms. The third kappa shape index (κ3) is 2.11. The van der Waals surface area contributed by atoms with Crippen LogP contribution in [0.3, 0.4) is 0 Å². The first kappa shape index (κ1) is 9.83. The second-order valence-corrected chi connectivity index (χ2v) is 2.71. The van der Waals surface area contributed by atoms with Gasteiger partial charge in [-0.05, 0) is 17.7 Å². The Morgan fingerprint density at radius 2 is 2.08 bits per heavy atom. The van der Waals surface area contributed by atoms with E-state index in [9.17, 15) is 5.11 Å². The van der Waals surface area contributed by atoms with Crippen molar-refractivity contribution in [1.29, 1.82) is 0 Å². The van der Waals surface area contributed by atoms with Crippen LogP contribution in [0.4, 0.5) is 0 Å². The average Bonchev–Trinajstić information content (AvgIpc) is 2.13. The Labute approximate surface area is 76.6 Å². The predicted octanol–water partition coefficient (Wildman–Crippen LogP) is 0.744. The Hall–Kier alpha value is -1.26. The maximum atomic E-state index is 9.19. The lowest BCUT2D eigenvalue weighted by Crippen LogP contribution is -2.13. The van der Waals surface area contributed by atoms with E-state index in [4.69, 9.17) is 15.6 Å². The van der Waals surface area contributed by atoms with E-state index in [-0.39, 0.29) is 17.6 Å². The third-order valence-electron chi connectivity index (χ3n) is 1.87. The molecular formula is C9H13NO3. The summed E-state index contributed by atoms with van der Waals surface area (Å²) in [5, 5.41) is 18.2. The number of benzene rings is 1. The Morgan fingerprint density at radius 3 is 2.54 bits per heavy atom. The molecule has 0 aromatic heterocycles. The maximum Gasteiger partial charge on any atom is 0.157 e. The minimum absolute atomic E-state index is 0.143. The van der Waals surface area contributed by atoms with E-state index < -0.39 is 0 Å². The van der Waals surface area contributed by atoms with Crippen molar-refractivity contribution >= 4 is 0 Å². The summed E-state index contributed by atoms with van der Waals surface area (Å²) in [5.74, 6) is -0.302. The van der Waals surface area contributed by atoms with Crippen molar-refractivity contribution in [3.8, 4) is 11.5 Å². The predicted molar refractivity (Wildman–Crippen MR) is 48.6 cm³/mol. The van der Waals surface area contributed by atoms with Crippen LogP contribution in [-0.4, -0.2) is 23.9 Å². The topological polar surface area (TPSA) is 75.7 Å². The van der Waals surface area contributed by atoms with Gasteiger partial charge in [0.1, 0.15) is 0 Å². The molecule has 0 amide bonds. The number of phenols is 2. The molecule has 0 spiro atoms. The summed E-state index contributed by atoms with van der Waals surface area (Å²) in [5.41, 5.74) is 6.18. The first-order valence-electron chi connectivity index (χ1n) is 3.93. The van der Waals surface area contributed by atoms with E-state index in [1.807, 2.05) is 0 Å². The van der Waals surface area contributed by atoms with Crippen LogP contribution >= 0.6 is 0 Å². The first-order valence-corrected chi connectivity index (χ1v) is 3.93. The molecular weight excluding hydrogens is 170 g/mol. The molecule has 72 valence electrons. The monoisotopic (exact) mass is 183 g/mol. The molecule has 1 unspecified atom stereocenters. The molecule has 0 saturated carbocycles. The minimum Gasteiger partial charge on any atom is -0.504 e. The second-order valence-electron chi connectivity index (χ2n) is 2.71. The zero-order chi connectivity index (χ0) is 9.84. The highest BCUT2D eigenvalue weighted by molar-refractivity contribution is 5.41. The highest BCUT2D eigenvalue weighted by Gasteiger charge is 2.09. The van der Waals surface area contributed by atoms with E-state index in [0.29, 0.717) is 6.54 Å². The van der Waals surface area contributed by atoms with Crippen molar-refractivity contribution in [3.63, 3.8) is 0 Å². The lowest BCUT2D eigenvalue weighted by Gasteiger charge is -2.13. The fourth-order valence-electron chi connectivity index (χ4n) is 1.11. The van der Waals surface area contributed by atoms with Crippen LogP contribution in [0, 0.1) is 0 Å². The number of nitrogens with two attached hydrogens (primary N) is 1. The number of hydrogen-bond donors (Lipinski definition) is 3. The van der Waals surface area contributed by atoms with Crippen molar-refractivity contribution in [3.05, 3.63) is 23.8 Å². The smallest absolute Gasteiger partial charge is 0.157 e. The molecule has 0 aliphatic heterocycles. The molecule has 4 nitrogen and oxygen atoms in total. The Bertz CT molecular complexity index is 284. The van der Waals surface area contributed by atoms with Gasteiger partial charge in [0.2, 0.25) is 0 Å². The molecule has 1 atom stereocenters. The minimum atomic E-state index is -0.244. The van der Waals surface area contributed by atoms with Gasteiger partial charge in [0.05, 0.1) is 6.10 Å². The lowest BCUT2D eigenvalue weighted by molar-refractivity contribution is 0.110. The van der Waals surface area contributed by atoms with E-state index in [0.717, 1.165) is 5.56 Å². The van der Waals surface area contributed by atoms with Crippen LogP contribution < -0.4 is 5.73 Å². The van der Waals surface area contributed by atoms with Crippen molar-refractivity contribution in [2.75, 3.05) is 13.7 Å². The molecule has 1 aromatic carbocycles. The van der Waals surface area contributed by atoms with E-state index in [2.05, 4.69) is 0 Å². The molecule has 0 bridgehead atoms. The molecule has 0 aliphatic rings. The van der Waals surface area contributed by atoms with Crippen molar-refractivity contribution in [2.24, 2.45) is 5.73 Å². The molecule has 1 aromatic rings. The molecule has 4 N–H and O–H groups in total. The Balaban J connectivity index is 2.95. The van der Waals surface area contributed by atoms with Gasteiger partial charge in [-0.1, -0.05) is 6.07 Å². The summed E-state index contributed by atoms with van der Waals surface area (Å²) in [4.78, 5) is 0. The number of ether oxygens (including phenoxy) is 1. The largest absolute Gasteiger partial charge is 0.504 e. The van der Waals surface area contributed by atoms with Gasteiger partial charge in [0, 0.05) is 13.7 Å². The zero-order valence-corrected chi connectivity index (χ0v) is 7.40. The number of phenolic OH excluding ortho intramolecular Hbond substituents is 2. The number of rotatable bonds is 3. The van der Waals surface area contributed by atoms with Gasteiger partial charge in [0.25, 0.3) is 0 Å². The maximum absolute atomic E-state index is 9.19. The fourth-order valence-corrected chi connectivity index (χ4v) is 1.11. The molecule has 0 aliphatic carbocycles. The lowest BCUT2D eigenvalue weighted by atomic mass is 10.1. The standard InChI is InChI=1S/C9H13NO3/c1-13-9(5-10)6-2-3-7(11)8(12)4-6/h2-4,9,11-12H,5,10H2,1H3. The zero-order valence-electron chi connectivity index (χ0n) is 7.40.